The van der Waals surface area contributed by atoms with Crippen molar-refractivity contribution < 1.29 is 21.6 Å². The van der Waals surface area contributed by atoms with Gasteiger partial charge >= 0.3 is 0 Å². The van der Waals surface area contributed by atoms with Crippen molar-refractivity contribution in [3.8, 4) is 0 Å². The van der Waals surface area contributed by atoms with Crippen LogP contribution in [0.2, 0.25) is 5.02 Å². The van der Waals surface area contributed by atoms with Crippen LogP contribution in [-0.2, 0) is 20.0 Å². The Balaban J connectivity index is 1.87. The van der Waals surface area contributed by atoms with Gasteiger partial charge in [-0.15, -0.1) is 0 Å². The van der Waals surface area contributed by atoms with Gasteiger partial charge in [-0.1, -0.05) is 17.7 Å². The van der Waals surface area contributed by atoms with Crippen molar-refractivity contribution in [2.24, 2.45) is 0 Å². The van der Waals surface area contributed by atoms with Gasteiger partial charge in [0.15, 0.2) is 0 Å². The van der Waals surface area contributed by atoms with Gasteiger partial charge < -0.3 is 5.32 Å². The topological polar surface area (TPSA) is 104 Å². The van der Waals surface area contributed by atoms with E-state index in [-0.39, 0.29) is 15.5 Å². The third kappa shape index (κ3) is 4.77. The average Bonchev–Trinajstić information content (AvgIpc) is 3.22. The van der Waals surface area contributed by atoms with Crippen molar-refractivity contribution in [2.75, 3.05) is 36.0 Å². The first-order chi connectivity index (χ1) is 14.0. The number of carbonyl (C=O) groups excluding carboxylic acids is 1. The van der Waals surface area contributed by atoms with Crippen LogP contribution in [-0.4, -0.2) is 53.4 Å². The highest BCUT2D eigenvalue weighted by molar-refractivity contribution is 7.92. The first-order valence-electron chi connectivity index (χ1n) is 9.15. The molecule has 162 valence electrons. The zero-order chi connectivity index (χ0) is 22.1. The number of nitrogens with zero attached hydrogens (tertiary/aromatic N) is 2. The molecule has 8 nitrogen and oxygen atoms in total. The lowest BCUT2D eigenvalue weighted by molar-refractivity contribution is 0.102. The molecule has 0 radical (unpaired) electrons. The summed E-state index contributed by atoms with van der Waals surface area (Å²) in [7, 11) is -5.83. The average molecular weight is 472 g/mol. The molecule has 1 N–H and O–H groups in total. The molecular weight excluding hydrogens is 450 g/mol. The molecule has 11 heteroatoms. The molecule has 1 amide bonds. The number of benzene rings is 2. The molecule has 0 atom stereocenters. The molecule has 1 aliphatic heterocycles. The molecule has 1 aliphatic rings. The fourth-order valence-electron chi connectivity index (χ4n) is 3.08. The molecule has 0 saturated carbocycles. The van der Waals surface area contributed by atoms with Gasteiger partial charge in [-0.2, -0.15) is 4.31 Å². The molecule has 0 unspecified atom stereocenters. The van der Waals surface area contributed by atoms with Gasteiger partial charge in [0.2, 0.25) is 20.0 Å². The van der Waals surface area contributed by atoms with Crippen LogP contribution >= 0.6 is 11.6 Å². The fourth-order valence-corrected chi connectivity index (χ4v) is 5.60. The summed E-state index contributed by atoms with van der Waals surface area (Å²) in [5.41, 5.74) is 0.870. The van der Waals surface area contributed by atoms with Crippen LogP contribution in [0.4, 0.5) is 11.4 Å². The van der Waals surface area contributed by atoms with Gasteiger partial charge in [0, 0.05) is 31.4 Å². The number of rotatable bonds is 6. The Morgan fingerprint density at radius 2 is 1.73 bits per heavy atom. The van der Waals surface area contributed by atoms with Crippen LogP contribution in [0.1, 0.15) is 23.2 Å². The highest BCUT2D eigenvalue weighted by Gasteiger charge is 2.29. The second-order valence-corrected chi connectivity index (χ2v) is 11.3. The van der Waals surface area contributed by atoms with Crippen molar-refractivity contribution in [1.82, 2.24) is 4.31 Å². The Morgan fingerprint density at radius 1 is 1.07 bits per heavy atom. The third-order valence-corrected chi connectivity index (χ3v) is 8.43. The quantitative estimate of drug-likeness (QED) is 0.697. The number of nitrogens with one attached hydrogen (secondary N) is 1. The van der Waals surface area contributed by atoms with E-state index in [1.807, 2.05) is 0 Å². The van der Waals surface area contributed by atoms with Crippen LogP contribution in [0.15, 0.2) is 47.4 Å². The normalized spacial score (nSPS) is 15.2. The minimum absolute atomic E-state index is 0.0511. The van der Waals surface area contributed by atoms with Gasteiger partial charge in [0.05, 0.1) is 17.0 Å². The lowest BCUT2D eigenvalue weighted by Gasteiger charge is -2.18. The largest absolute Gasteiger partial charge is 0.322 e. The lowest BCUT2D eigenvalue weighted by atomic mass is 10.2. The van der Waals surface area contributed by atoms with Crippen LogP contribution in [0.3, 0.4) is 0 Å². The van der Waals surface area contributed by atoms with E-state index < -0.39 is 26.0 Å². The number of anilines is 2. The van der Waals surface area contributed by atoms with E-state index in [2.05, 4.69) is 5.32 Å². The molecule has 1 saturated heterocycles. The minimum Gasteiger partial charge on any atom is -0.322 e. The van der Waals surface area contributed by atoms with Crippen LogP contribution in [0, 0.1) is 0 Å². The first-order valence-corrected chi connectivity index (χ1v) is 12.8. The first kappa shape index (κ1) is 22.5. The maximum absolute atomic E-state index is 12.8. The van der Waals surface area contributed by atoms with E-state index in [0.717, 1.165) is 23.4 Å². The smallest absolute Gasteiger partial charge is 0.255 e. The molecule has 0 aliphatic carbocycles. The van der Waals surface area contributed by atoms with E-state index in [4.69, 9.17) is 11.6 Å². The van der Waals surface area contributed by atoms with Crippen molar-refractivity contribution in [3.63, 3.8) is 0 Å². The molecule has 1 fully saturated rings. The Labute approximate surface area is 181 Å². The molecule has 3 rings (SSSR count). The predicted molar refractivity (Wildman–Crippen MR) is 117 cm³/mol. The minimum atomic E-state index is -3.78. The van der Waals surface area contributed by atoms with Gasteiger partial charge in [-0.25, -0.2) is 16.8 Å². The van der Waals surface area contributed by atoms with Crippen molar-refractivity contribution in [2.45, 2.75) is 17.7 Å². The second kappa shape index (κ2) is 8.54. The Hall–Kier alpha value is -2.14. The van der Waals surface area contributed by atoms with Gasteiger partial charge in [0.1, 0.15) is 4.90 Å². The summed E-state index contributed by atoms with van der Waals surface area (Å²) in [5, 5.41) is 2.71. The highest BCUT2D eigenvalue weighted by Crippen LogP contribution is 2.28. The number of hydrogen-bond acceptors (Lipinski definition) is 5. The summed E-state index contributed by atoms with van der Waals surface area (Å²) < 4.78 is 51.6. The van der Waals surface area contributed by atoms with E-state index in [0.29, 0.717) is 24.5 Å². The van der Waals surface area contributed by atoms with Crippen LogP contribution in [0.25, 0.3) is 0 Å². The SMILES string of the molecule is CN(c1cccc(NC(=O)c2ccc(Cl)c(S(=O)(=O)N3CCCC3)c2)c1)S(C)(=O)=O. The Morgan fingerprint density at radius 3 is 2.37 bits per heavy atom. The molecule has 0 spiro atoms. The summed E-state index contributed by atoms with van der Waals surface area (Å²) in [5.74, 6) is -0.538. The number of sulfonamides is 2. The highest BCUT2D eigenvalue weighted by atomic mass is 35.5. The maximum Gasteiger partial charge on any atom is 0.255 e. The summed E-state index contributed by atoms with van der Waals surface area (Å²) in [6, 6.07) is 10.4. The Bertz CT molecular complexity index is 1180. The zero-order valence-electron chi connectivity index (χ0n) is 16.5. The number of amides is 1. The Kier molecular flexibility index (Phi) is 6.42. The molecule has 2 aromatic rings. The molecule has 2 aromatic carbocycles. The van der Waals surface area contributed by atoms with E-state index in [1.165, 1.54) is 35.6 Å². The standard InChI is InChI=1S/C19H22ClN3O5S2/c1-22(29(2,25)26)16-7-5-6-15(13-16)21-19(24)14-8-9-17(20)18(12-14)30(27,28)23-10-3-4-11-23/h5-9,12-13H,3-4,10-11H2,1-2H3,(H,21,24). The fraction of sp³-hybridized carbons (Fsp3) is 0.316. The molecule has 0 bridgehead atoms. The molecular formula is C19H22ClN3O5S2. The lowest BCUT2D eigenvalue weighted by Crippen LogP contribution is -2.28. The summed E-state index contributed by atoms with van der Waals surface area (Å²) in [6.45, 7) is 0.853. The van der Waals surface area contributed by atoms with Gasteiger partial charge in [-0.05, 0) is 49.2 Å². The van der Waals surface area contributed by atoms with Crippen LogP contribution < -0.4 is 9.62 Å². The zero-order valence-corrected chi connectivity index (χ0v) is 18.9. The number of halogens is 1. The molecule has 1 heterocycles. The maximum atomic E-state index is 12.8. The monoisotopic (exact) mass is 471 g/mol. The summed E-state index contributed by atoms with van der Waals surface area (Å²) in [4.78, 5) is 12.6. The van der Waals surface area contributed by atoms with E-state index in [1.54, 1.807) is 18.2 Å². The van der Waals surface area contributed by atoms with E-state index in [9.17, 15) is 21.6 Å². The number of hydrogen-bond donors (Lipinski definition) is 1. The van der Waals surface area contributed by atoms with Crippen molar-refractivity contribution >= 4 is 48.9 Å². The molecule has 30 heavy (non-hydrogen) atoms. The predicted octanol–water partition coefficient (Wildman–Crippen LogP) is 2.77. The van der Waals surface area contributed by atoms with Crippen molar-refractivity contribution in [3.05, 3.63) is 53.1 Å². The van der Waals surface area contributed by atoms with E-state index >= 15 is 0 Å². The summed E-state index contributed by atoms with van der Waals surface area (Å²) >= 11 is 6.12. The van der Waals surface area contributed by atoms with Crippen molar-refractivity contribution in [1.29, 1.82) is 0 Å². The van der Waals surface area contributed by atoms with Gasteiger partial charge in [0.25, 0.3) is 5.91 Å². The van der Waals surface area contributed by atoms with Crippen LogP contribution in [0.5, 0.6) is 0 Å². The second-order valence-electron chi connectivity index (χ2n) is 6.99. The third-order valence-electron chi connectivity index (χ3n) is 4.84. The molecule has 0 aromatic heterocycles. The number of carbonyl (C=O) groups is 1. The van der Waals surface area contributed by atoms with Gasteiger partial charge in [-0.3, -0.25) is 9.10 Å². The summed E-state index contributed by atoms with van der Waals surface area (Å²) in [6.07, 6.45) is 2.65.